The lowest BCUT2D eigenvalue weighted by Gasteiger charge is -2.36. The van der Waals surface area contributed by atoms with Crippen LogP contribution in [-0.4, -0.2) is 32.3 Å². The molecular weight excluding hydrogens is 408 g/mol. The minimum atomic E-state index is -0.207. The second kappa shape index (κ2) is 10.1. The van der Waals surface area contributed by atoms with Crippen molar-refractivity contribution in [3.05, 3.63) is 35.6 Å². The molecule has 0 radical (unpaired) electrons. The average molecular weight is 435 g/mol. The number of unbranched alkanes of at least 4 members (excludes halogenated alkanes) is 1. The molecule has 0 aliphatic carbocycles. The van der Waals surface area contributed by atoms with E-state index in [4.69, 9.17) is 10.5 Å². The highest BCUT2D eigenvalue weighted by molar-refractivity contribution is 14.0. The summed E-state index contributed by atoms with van der Waals surface area (Å²) in [6.45, 7) is 4.88. The predicted octanol–water partition coefficient (Wildman–Crippen LogP) is 3.20. The first-order valence-corrected chi connectivity index (χ1v) is 8.04. The SMILES string of the molecule is CCCCNC(N)=NCC1(c2cccc(F)c2)CCOCC1.I. The molecule has 0 saturated carbocycles. The summed E-state index contributed by atoms with van der Waals surface area (Å²) in [5.41, 5.74) is 6.74. The van der Waals surface area contributed by atoms with Gasteiger partial charge in [-0.3, -0.25) is 4.99 Å². The maximum absolute atomic E-state index is 13.6. The summed E-state index contributed by atoms with van der Waals surface area (Å²) >= 11 is 0. The van der Waals surface area contributed by atoms with Crippen LogP contribution in [-0.2, 0) is 10.2 Å². The number of rotatable bonds is 6. The summed E-state index contributed by atoms with van der Waals surface area (Å²) in [7, 11) is 0. The Morgan fingerprint density at radius 1 is 1.39 bits per heavy atom. The molecule has 0 aromatic heterocycles. The fraction of sp³-hybridized carbons (Fsp3) is 0.588. The van der Waals surface area contributed by atoms with Gasteiger partial charge in [0.1, 0.15) is 5.82 Å². The highest BCUT2D eigenvalue weighted by Crippen LogP contribution is 2.35. The number of hydrogen-bond donors (Lipinski definition) is 2. The van der Waals surface area contributed by atoms with Gasteiger partial charge >= 0.3 is 0 Å². The minimum absolute atomic E-state index is 0. The third-order valence-electron chi connectivity index (χ3n) is 4.28. The smallest absolute Gasteiger partial charge is 0.188 e. The summed E-state index contributed by atoms with van der Waals surface area (Å²) in [4.78, 5) is 4.50. The van der Waals surface area contributed by atoms with Crippen molar-refractivity contribution < 1.29 is 9.13 Å². The van der Waals surface area contributed by atoms with Crippen LogP contribution in [0.5, 0.6) is 0 Å². The molecule has 0 amide bonds. The summed E-state index contributed by atoms with van der Waals surface area (Å²) in [5, 5.41) is 3.13. The zero-order valence-corrected chi connectivity index (χ0v) is 16.0. The second-order valence-electron chi connectivity index (χ2n) is 5.88. The van der Waals surface area contributed by atoms with Crippen molar-refractivity contribution >= 4 is 29.9 Å². The fourth-order valence-electron chi connectivity index (χ4n) is 2.80. The standard InChI is InChI=1S/C17H26FN3O.HI/c1-2-3-9-20-16(19)21-13-17(7-10-22-11-8-17)14-5-4-6-15(18)12-14;/h4-6,12H,2-3,7-11,13H2,1H3,(H3,19,20,21);1H. The molecule has 1 aliphatic rings. The number of ether oxygens (including phenoxy) is 1. The van der Waals surface area contributed by atoms with E-state index < -0.39 is 0 Å². The van der Waals surface area contributed by atoms with E-state index in [0.29, 0.717) is 25.7 Å². The number of nitrogens with zero attached hydrogens (tertiary/aromatic N) is 1. The van der Waals surface area contributed by atoms with E-state index >= 15 is 0 Å². The van der Waals surface area contributed by atoms with Gasteiger partial charge in [0.15, 0.2) is 5.96 Å². The molecule has 1 aromatic rings. The van der Waals surface area contributed by atoms with Gasteiger partial charge in [-0.15, -0.1) is 24.0 Å². The summed E-state index contributed by atoms with van der Waals surface area (Å²) < 4.78 is 19.1. The number of halogens is 2. The number of aliphatic imine (C=N–C) groups is 1. The number of guanidine groups is 1. The Hall–Kier alpha value is -0.890. The highest BCUT2D eigenvalue weighted by atomic mass is 127. The zero-order valence-electron chi connectivity index (χ0n) is 13.7. The lowest BCUT2D eigenvalue weighted by atomic mass is 9.74. The molecule has 0 atom stereocenters. The van der Waals surface area contributed by atoms with Gasteiger partial charge in [-0.1, -0.05) is 25.5 Å². The van der Waals surface area contributed by atoms with Crippen LogP contribution in [0.1, 0.15) is 38.2 Å². The van der Waals surface area contributed by atoms with Gasteiger partial charge in [0.2, 0.25) is 0 Å². The fourth-order valence-corrected chi connectivity index (χ4v) is 2.80. The quantitative estimate of drug-likeness (QED) is 0.312. The van der Waals surface area contributed by atoms with Crippen LogP contribution in [0, 0.1) is 5.82 Å². The Morgan fingerprint density at radius 2 is 2.13 bits per heavy atom. The van der Waals surface area contributed by atoms with Crippen molar-refractivity contribution in [2.75, 3.05) is 26.3 Å². The van der Waals surface area contributed by atoms with Crippen LogP contribution in [0.25, 0.3) is 0 Å². The number of nitrogens with one attached hydrogen (secondary N) is 1. The van der Waals surface area contributed by atoms with Crippen LogP contribution in [0.2, 0.25) is 0 Å². The second-order valence-corrected chi connectivity index (χ2v) is 5.88. The van der Waals surface area contributed by atoms with E-state index in [1.165, 1.54) is 6.07 Å². The molecule has 1 aliphatic heterocycles. The molecule has 6 heteroatoms. The van der Waals surface area contributed by atoms with Crippen LogP contribution >= 0.6 is 24.0 Å². The Balaban J connectivity index is 0.00000264. The van der Waals surface area contributed by atoms with Crippen LogP contribution in [0.3, 0.4) is 0 Å². The van der Waals surface area contributed by atoms with Crippen LogP contribution in [0.15, 0.2) is 29.3 Å². The average Bonchev–Trinajstić information content (AvgIpc) is 2.54. The predicted molar refractivity (Wildman–Crippen MR) is 103 cm³/mol. The first-order valence-electron chi connectivity index (χ1n) is 8.04. The third-order valence-corrected chi connectivity index (χ3v) is 4.28. The van der Waals surface area contributed by atoms with Gasteiger partial charge < -0.3 is 15.8 Å². The molecule has 1 saturated heterocycles. The molecule has 0 bridgehead atoms. The topological polar surface area (TPSA) is 59.6 Å². The lowest BCUT2D eigenvalue weighted by Crippen LogP contribution is -2.39. The molecule has 1 aromatic carbocycles. The number of benzene rings is 1. The molecule has 2 rings (SSSR count). The molecular formula is C17H27FIN3O. The Kier molecular flexibility index (Phi) is 8.83. The third kappa shape index (κ3) is 5.91. The molecule has 23 heavy (non-hydrogen) atoms. The highest BCUT2D eigenvalue weighted by Gasteiger charge is 2.34. The Bertz CT molecular complexity index is 504. The van der Waals surface area contributed by atoms with Gasteiger partial charge in [0.05, 0.1) is 6.54 Å². The van der Waals surface area contributed by atoms with E-state index in [9.17, 15) is 4.39 Å². The normalized spacial score (nSPS) is 17.4. The maximum atomic E-state index is 13.6. The molecule has 1 fully saturated rings. The summed E-state index contributed by atoms with van der Waals surface area (Å²) in [5.74, 6) is 0.261. The van der Waals surface area contributed by atoms with E-state index in [2.05, 4.69) is 17.2 Å². The summed E-state index contributed by atoms with van der Waals surface area (Å²) in [6.07, 6.45) is 3.86. The van der Waals surface area contributed by atoms with Gasteiger partial charge in [0, 0.05) is 25.2 Å². The lowest BCUT2D eigenvalue weighted by molar-refractivity contribution is 0.0530. The van der Waals surface area contributed by atoms with Gasteiger partial charge in [-0.25, -0.2) is 4.39 Å². The molecule has 130 valence electrons. The molecule has 1 heterocycles. The monoisotopic (exact) mass is 435 g/mol. The summed E-state index contributed by atoms with van der Waals surface area (Å²) in [6, 6.07) is 6.82. The first kappa shape index (κ1) is 20.2. The van der Waals surface area contributed by atoms with E-state index in [0.717, 1.165) is 37.8 Å². The van der Waals surface area contributed by atoms with Crippen LogP contribution in [0.4, 0.5) is 4.39 Å². The van der Waals surface area contributed by atoms with Crippen molar-refractivity contribution in [1.29, 1.82) is 0 Å². The van der Waals surface area contributed by atoms with Gasteiger partial charge in [-0.05, 0) is 37.0 Å². The number of nitrogens with two attached hydrogens (primary N) is 1. The van der Waals surface area contributed by atoms with E-state index in [-0.39, 0.29) is 35.2 Å². The van der Waals surface area contributed by atoms with Crippen molar-refractivity contribution in [2.24, 2.45) is 10.7 Å². The van der Waals surface area contributed by atoms with Crippen molar-refractivity contribution in [2.45, 2.75) is 38.0 Å². The van der Waals surface area contributed by atoms with Crippen LogP contribution < -0.4 is 11.1 Å². The van der Waals surface area contributed by atoms with Crippen molar-refractivity contribution in [3.63, 3.8) is 0 Å². The Morgan fingerprint density at radius 3 is 2.78 bits per heavy atom. The molecule has 4 nitrogen and oxygen atoms in total. The van der Waals surface area contributed by atoms with Crippen molar-refractivity contribution in [3.8, 4) is 0 Å². The van der Waals surface area contributed by atoms with E-state index in [1.807, 2.05) is 6.07 Å². The molecule has 0 unspecified atom stereocenters. The number of hydrogen-bond acceptors (Lipinski definition) is 2. The maximum Gasteiger partial charge on any atom is 0.188 e. The zero-order chi connectivity index (χ0) is 15.8. The minimum Gasteiger partial charge on any atom is -0.381 e. The van der Waals surface area contributed by atoms with E-state index in [1.54, 1.807) is 12.1 Å². The van der Waals surface area contributed by atoms with Crippen molar-refractivity contribution in [1.82, 2.24) is 5.32 Å². The largest absolute Gasteiger partial charge is 0.381 e. The van der Waals surface area contributed by atoms with Gasteiger partial charge in [0.25, 0.3) is 0 Å². The van der Waals surface area contributed by atoms with Gasteiger partial charge in [-0.2, -0.15) is 0 Å². The molecule has 3 N–H and O–H groups in total. The first-order chi connectivity index (χ1) is 10.7. The Labute approximate surface area is 155 Å². The molecule has 0 spiro atoms.